The van der Waals surface area contributed by atoms with Crippen LogP contribution in [0.2, 0.25) is 0 Å². The molecule has 2 aromatic carbocycles. The van der Waals surface area contributed by atoms with Crippen molar-refractivity contribution in [3.8, 4) is 11.5 Å². The highest BCUT2D eigenvalue weighted by atomic mass is 16.5. The van der Waals surface area contributed by atoms with E-state index in [-0.39, 0.29) is 25.0 Å². The van der Waals surface area contributed by atoms with E-state index >= 15 is 0 Å². The first kappa shape index (κ1) is 20.6. The van der Waals surface area contributed by atoms with Gasteiger partial charge in [-0.1, -0.05) is 12.1 Å². The molecule has 0 saturated carbocycles. The molecule has 1 aliphatic rings. The lowest BCUT2D eigenvalue weighted by atomic mass is 9.99. The second-order valence-electron chi connectivity index (χ2n) is 6.63. The molecule has 0 aromatic heterocycles. The summed E-state index contributed by atoms with van der Waals surface area (Å²) in [4.78, 5) is 25.8. The van der Waals surface area contributed by atoms with Crippen molar-refractivity contribution in [2.75, 3.05) is 39.8 Å². The van der Waals surface area contributed by atoms with Gasteiger partial charge in [0.15, 0.2) is 11.5 Å². The summed E-state index contributed by atoms with van der Waals surface area (Å²) in [6.07, 6.45) is -0.432. The Morgan fingerprint density at radius 3 is 2.48 bits per heavy atom. The molecule has 1 heterocycles. The van der Waals surface area contributed by atoms with Crippen molar-refractivity contribution in [1.82, 2.24) is 4.90 Å². The van der Waals surface area contributed by atoms with Gasteiger partial charge in [0.1, 0.15) is 12.7 Å². The predicted molar refractivity (Wildman–Crippen MR) is 106 cm³/mol. The van der Waals surface area contributed by atoms with Crippen molar-refractivity contribution in [3.05, 3.63) is 53.6 Å². The Balaban J connectivity index is 1.72. The summed E-state index contributed by atoms with van der Waals surface area (Å²) in [6.45, 7) is -0.236. The molecule has 2 N–H and O–H groups in total. The summed E-state index contributed by atoms with van der Waals surface area (Å²) in [6, 6.07) is 11.6. The maximum absolute atomic E-state index is 12.5. The quantitative estimate of drug-likeness (QED) is 0.768. The minimum Gasteiger partial charge on any atom is -0.493 e. The minimum absolute atomic E-state index is 0.0323. The predicted octanol–water partition coefficient (Wildman–Crippen LogP) is 1.85. The monoisotopic (exact) mass is 400 g/mol. The van der Waals surface area contributed by atoms with Crippen LogP contribution in [0.5, 0.6) is 11.5 Å². The summed E-state index contributed by atoms with van der Waals surface area (Å²) >= 11 is 0. The first-order chi connectivity index (χ1) is 14.0. The number of morpholine rings is 1. The van der Waals surface area contributed by atoms with Crippen molar-refractivity contribution in [1.29, 1.82) is 0 Å². The second kappa shape index (κ2) is 8.93. The molecule has 0 bridgehead atoms. The van der Waals surface area contributed by atoms with Crippen LogP contribution >= 0.6 is 0 Å². The fourth-order valence-electron chi connectivity index (χ4n) is 3.24. The third-order valence-electron chi connectivity index (χ3n) is 4.96. The lowest BCUT2D eigenvalue weighted by Gasteiger charge is -2.38. The lowest BCUT2D eigenvalue weighted by Crippen LogP contribution is -2.50. The van der Waals surface area contributed by atoms with Crippen molar-refractivity contribution in [3.63, 3.8) is 0 Å². The molecular formula is C21H24N2O6. The van der Waals surface area contributed by atoms with Gasteiger partial charge in [0.05, 0.1) is 26.9 Å². The van der Waals surface area contributed by atoms with E-state index in [9.17, 15) is 14.7 Å². The molecule has 0 spiro atoms. The molecule has 8 heteroatoms. The number of benzene rings is 2. The van der Waals surface area contributed by atoms with Crippen LogP contribution in [0, 0.1) is 0 Å². The molecule has 1 aliphatic heterocycles. The van der Waals surface area contributed by atoms with Gasteiger partial charge in [-0.15, -0.1) is 0 Å². The van der Waals surface area contributed by atoms with E-state index in [1.54, 1.807) is 49.5 Å². The van der Waals surface area contributed by atoms with E-state index in [0.29, 0.717) is 22.7 Å². The number of ether oxygens (including phenoxy) is 3. The number of anilines is 1. The standard InChI is InChI=1S/C21H24N2O6/c1-23-16(11-24)20(29-12-19(23)25)13-4-7-15(8-5-13)22-21(26)14-6-9-17(27-2)18(10-14)28-3/h4-10,16,20,24H,11-12H2,1-3H3,(H,22,26)/t16-,20-/m1/s1. The largest absolute Gasteiger partial charge is 0.493 e. The number of amides is 2. The molecule has 8 nitrogen and oxygen atoms in total. The molecule has 2 atom stereocenters. The average molecular weight is 400 g/mol. The number of rotatable bonds is 6. The van der Waals surface area contributed by atoms with Gasteiger partial charge < -0.3 is 29.5 Å². The molecule has 29 heavy (non-hydrogen) atoms. The van der Waals surface area contributed by atoms with Crippen LogP contribution in [0.3, 0.4) is 0 Å². The highest BCUT2D eigenvalue weighted by Crippen LogP contribution is 2.30. The zero-order valence-electron chi connectivity index (χ0n) is 16.5. The van der Waals surface area contributed by atoms with Gasteiger partial charge in [-0.2, -0.15) is 0 Å². The number of nitrogens with one attached hydrogen (secondary N) is 1. The number of methoxy groups -OCH3 is 2. The molecule has 2 aromatic rings. The number of carbonyl (C=O) groups is 2. The Labute approximate surface area is 169 Å². The van der Waals surface area contributed by atoms with Crippen LogP contribution < -0.4 is 14.8 Å². The normalized spacial score (nSPS) is 19.0. The van der Waals surface area contributed by atoms with Gasteiger partial charge >= 0.3 is 0 Å². The molecule has 3 rings (SSSR count). The number of aliphatic hydroxyl groups excluding tert-OH is 1. The van der Waals surface area contributed by atoms with Crippen LogP contribution in [-0.4, -0.2) is 62.3 Å². The van der Waals surface area contributed by atoms with Crippen LogP contribution in [0.4, 0.5) is 5.69 Å². The minimum atomic E-state index is -0.455. The molecule has 2 amide bonds. The Hall–Kier alpha value is -3.10. The Bertz CT molecular complexity index is 883. The molecule has 154 valence electrons. The van der Waals surface area contributed by atoms with E-state index in [1.807, 2.05) is 0 Å². The summed E-state index contributed by atoms with van der Waals surface area (Å²) < 4.78 is 16.0. The summed E-state index contributed by atoms with van der Waals surface area (Å²) in [7, 11) is 4.69. The number of nitrogens with zero attached hydrogens (tertiary/aromatic N) is 1. The topological polar surface area (TPSA) is 97.3 Å². The third kappa shape index (κ3) is 4.33. The van der Waals surface area contributed by atoms with Crippen molar-refractivity contribution in [2.24, 2.45) is 0 Å². The maximum Gasteiger partial charge on any atom is 0.255 e. The number of carbonyl (C=O) groups excluding carboxylic acids is 2. The first-order valence-electron chi connectivity index (χ1n) is 9.10. The smallest absolute Gasteiger partial charge is 0.255 e. The van der Waals surface area contributed by atoms with Gasteiger partial charge in [-0.3, -0.25) is 9.59 Å². The van der Waals surface area contributed by atoms with Gasteiger partial charge in [0, 0.05) is 18.3 Å². The molecule has 1 fully saturated rings. The van der Waals surface area contributed by atoms with Crippen molar-refractivity contribution >= 4 is 17.5 Å². The van der Waals surface area contributed by atoms with Gasteiger partial charge in [-0.25, -0.2) is 0 Å². The van der Waals surface area contributed by atoms with E-state index < -0.39 is 12.1 Å². The molecule has 0 radical (unpaired) electrons. The molecule has 1 saturated heterocycles. The van der Waals surface area contributed by atoms with E-state index in [0.717, 1.165) is 5.56 Å². The molecule has 0 aliphatic carbocycles. The Morgan fingerprint density at radius 1 is 1.17 bits per heavy atom. The Kier molecular flexibility index (Phi) is 6.36. The summed E-state index contributed by atoms with van der Waals surface area (Å²) in [5.74, 6) is 0.562. The first-order valence-corrected chi connectivity index (χ1v) is 9.10. The van der Waals surface area contributed by atoms with Gasteiger partial charge in [0.2, 0.25) is 5.91 Å². The number of likely N-dealkylation sites (N-methyl/N-ethyl adjacent to an activating group) is 1. The fraction of sp³-hybridized carbons (Fsp3) is 0.333. The highest BCUT2D eigenvalue weighted by Gasteiger charge is 2.34. The molecule has 0 unspecified atom stereocenters. The van der Waals surface area contributed by atoms with Crippen LogP contribution in [0.25, 0.3) is 0 Å². The summed E-state index contributed by atoms with van der Waals surface area (Å²) in [5.41, 5.74) is 1.85. The number of hydrogen-bond donors (Lipinski definition) is 2. The maximum atomic E-state index is 12.5. The number of aliphatic hydroxyl groups is 1. The average Bonchev–Trinajstić information content (AvgIpc) is 2.75. The second-order valence-corrected chi connectivity index (χ2v) is 6.63. The lowest BCUT2D eigenvalue weighted by molar-refractivity contribution is -0.157. The highest BCUT2D eigenvalue weighted by molar-refractivity contribution is 6.04. The van der Waals surface area contributed by atoms with Crippen molar-refractivity contribution < 1.29 is 28.9 Å². The molecular weight excluding hydrogens is 376 g/mol. The van der Waals surface area contributed by atoms with Crippen LogP contribution in [-0.2, 0) is 9.53 Å². The van der Waals surface area contributed by atoms with Gasteiger partial charge in [-0.05, 0) is 35.9 Å². The number of hydrogen-bond acceptors (Lipinski definition) is 6. The van der Waals surface area contributed by atoms with Crippen molar-refractivity contribution in [2.45, 2.75) is 12.1 Å². The van der Waals surface area contributed by atoms with Crippen LogP contribution in [0.15, 0.2) is 42.5 Å². The zero-order valence-corrected chi connectivity index (χ0v) is 16.5. The Morgan fingerprint density at radius 2 is 1.86 bits per heavy atom. The SMILES string of the molecule is COc1ccc(C(=O)Nc2ccc([C@H]3OCC(=O)N(C)[C@@H]3CO)cc2)cc1OC. The third-order valence-corrected chi connectivity index (χ3v) is 4.96. The van der Waals surface area contributed by atoms with Crippen LogP contribution in [0.1, 0.15) is 22.0 Å². The van der Waals surface area contributed by atoms with E-state index in [2.05, 4.69) is 5.32 Å². The zero-order chi connectivity index (χ0) is 21.0. The van der Waals surface area contributed by atoms with E-state index in [4.69, 9.17) is 14.2 Å². The fourth-order valence-corrected chi connectivity index (χ4v) is 3.24. The summed E-state index contributed by atoms with van der Waals surface area (Å²) in [5, 5.41) is 12.5. The van der Waals surface area contributed by atoms with Gasteiger partial charge in [0.25, 0.3) is 5.91 Å². The van der Waals surface area contributed by atoms with E-state index in [1.165, 1.54) is 19.1 Å².